The first kappa shape index (κ1) is 47.1. The molecule has 0 amide bonds. The molecule has 0 aromatic heterocycles. The quantitative estimate of drug-likeness (QED) is 0.246. The van der Waals surface area contributed by atoms with Crippen LogP contribution in [0.4, 0.5) is 0 Å². The van der Waals surface area contributed by atoms with Gasteiger partial charge in [-0.25, -0.2) is 4.57 Å². The molecule has 0 radical (unpaired) electrons. The largest absolute Gasteiger partial charge is 2.00 e. The number of phosphoric acid groups is 1. The Morgan fingerprint density at radius 2 is 0.727 bits per heavy atom. The van der Waals surface area contributed by atoms with Gasteiger partial charge in [0.1, 0.15) is 0 Å². The molecule has 0 spiro atoms. The van der Waals surface area contributed by atoms with Gasteiger partial charge in [-0.05, 0) is 0 Å². The summed E-state index contributed by atoms with van der Waals surface area (Å²) < 4.78 is 8.88. The molecule has 0 bridgehead atoms. The number of hydrogen-bond donors (Lipinski definition) is 3. The molecule has 0 aromatic carbocycles. The van der Waals surface area contributed by atoms with Gasteiger partial charge in [0.15, 0.2) is 0 Å². The summed E-state index contributed by atoms with van der Waals surface area (Å²) in [6.07, 6.45) is 0. The van der Waals surface area contributed by atoms with E-state index in [4.69, 9.17) is 19.2 Å². The molecule has 0 saturated carbocycles. The molecule has 0 unspecified atom stereocenters. The summed E-state index contributed by atoms with van der Waals surface area (Å²) in [6, 6.07) is 0. The van der Waals surface area contributed by atoms with Crippen molar-refractivity contribution in [2.45, 2.75) is 0 Å². The van der Waals surface area contributed by atoms with E-state index in [9.17, 15) is 0 Å². The summed E-state index contributed by atoms with van der Waals surface area (Å²) in [4.78, 5) is 21.6. The summed E-state index contributed by atoms with van der Waals surface area (Å²) >= 11 is 0. The Morgan fingerprint density at radius 1 is 0.727 bits per heavy atom. The molecule has 11 heavy (non-hydrogen) atoms. The standard InChI is InChI=1S/5Li.H3O4P.S/c;;;;;1-5(2,3)4;/h;;;;;(H3,1,2,3,4);/q5*+1;;-2. The van der Waals surface area contributed by atoms with Crippen molar-refractivity contribution in [3.63, 3.8) is 0 Å². The average Bonchev–Trinajstić information content (AvgIpc) is 0.722. The van der Waals surface area contributed by atoms with Crippen molar-refractivity contribution in [2.24, 2.45) is 0 Å². The molecule has 0 aliphatic heterocycles. The van der Waals surface area contributed by atoms with Crippen molar-refractivity contribution >= 4 is 21.3 Å². The molecule has 0 fully saturated rings. The number of rotatable bonds is 0. The molecule has 0 aliphatic carbocycles. The fourth-order valence-electron chi connectivity index (χ4n) is 0. The van der Waals surface area contributed by atoms with Crippen molar-refractivity contribution < 1.29 is 114 Å². The summed E-state index contributed by atoms with van der Waals surface area (Å²) in [5.74, 6) is 0. The molecule has 0 aromatic rings. The van der Waals surface area contributed by atoms with Crippen LogP contribution in [0.2, 0.25) is 0 Å². The van der Waals surface area contributed by atoms with E-state index in [2.05, 4.69) is 0 Å². The Bertz CT molecular complexity index is 64.6. The zero-order valence-corrected chi connectivity index (χ0v) is 9.32. The van der Waals surface area contributed by atoms with E-state index in [1.54, 1.807) is 0 Å². The Hall–Kier alpha value is 3.45. The predicted molar refractivity (Wildman–Crippen MR) is 21.6 cm³/mol. The van der Waals surface area contributed by atoms with Gasteiger partial charge >= 0.3 is 102 Å². The molecule has 0 atom stereocenters. The van der Waals surface area contributed by atoms with Gasteiger partial charge in [0.25, 0.3) is 0 Å². The summed E-state index contributed by atoms with van der Waals surface area (Å²) in [5, 5.41) is 0. The van der Waals surface area contributed by atoms with E-state index in [-0.39, 0.29) is 108 Å². The van der Waals surface area contributed by atoms with Crippen LogP contribution < -0.4 is 94.3 Å². The average molecular weight is 165 g/mol. The van der Waals surface area contributed by atoms with Crippen LogP contribution >= 0.6 is 7.82 Å². The van der Waals surface area contributed by atoms with Crippen LogP contribution in [-0.4, -0.2) is 14.7 Å². The molecule has 40 valence electrons. The van der Waals surface area contributed by atoms with Crippen LogP contribution in [0.1, 0.15) is 0 Å². The smallest absolute Gasteiger partial charge is 1.00 e. The Balaban J connectivity index is -0.00000000533. The van der Waals surface area contributed by atoms with E-state index in [0.717, 1.165) is 0 Å². The topological polar surface area (TPSA) is 77.8 Å². The predicted octanol–water partition coefficient (Wildman–Crippen LogP) is -15.9. The Labute approximate surface area is 133 Å². The molecular weight excluding hydrogens is 162 g/mol. The minimum atomic E-state index is -4.64. The summed E-state index contributed by atoms with van der Waals surface area (Å²) in [7, 11) is -4.64. The van der Waals surface area contributed by atoms with Crippen LogP contribution in [0, 0.1) is 0 Å². The molecule has 3 N–H and O–H groups in total. The first-order chi connectivity index (χ1) is 2.00. The van der Waals surface area contributed by atoms with Crippen molar-refractivity contribution in [3.05, 3.63) is 0 Å². The van der Waals surface area contributed by atoms with E-state index in [1.807, 2.05) is 0 Å². The summed E-state index contributed by atoms with van der Waals surface area (Å²) in [6.45, 7) is 0. The molecule has 0 saturated heterocycles. The third-order valence-corrected chi connectivity index (χ3v) is 0. The zero-order chi connectivity index (χ0) is 4.50. The molecule has 4 nitrogen and oxygen atoms in total. The second-order valence-corrected chi connectivity index (χ2v) is 1.54. The van der Waals surface area contributed by atoms with Crippen LogP contribution in [0.15, 0.2) is 0 Å². The maximum atomic E-state index is 8.88. The van der Waals surface area contributed by atoms with E-state index in [1.165, 1.54) is 0 Å². The van der Waals surface area contributed by atoms with Crippen LogP contribution in [-0.2, 0) is 18.1 Å². The zero-order valence-electron chi connectivity index (χ0n) is 7.61. The molecule has 0 aliphatic rings. The van der Waals surface area contributed by atoms with Gasteiger partial charge in [0.05, 0.1) is 0 Å². The summed E-state index contributed by atoms with van der Waals surface area (Å²) in [5.41, 5.74) is 0. The van der Waals surface area contributed by atoms with Gasteiger partial charge in [-0.3, -0.25) is 0 Å². The maximum Gasteiger partial charge on any atom is 1.00 e. The van der Waals surface area contributed by atoms with Gasteiger partial charge in [-0.15, -0.1) is 0 Å². The minimum Gasteiger partial charge on any atom is -2.00 e. The molecule has 0 rings (SSSR count). The minimum absolute atomic E-state index is 0. The van der Waals surface area contributed by atoms with Crippen molar-refractivity contribution in [2.75, 3.05) is 0 Å². The molecule has 0 heterocycles. The van der Waals surface area contributed by atoms with Gasteiger partial charge in [0, 0.05) is 0 Å². The van der Waals surface area contributed by atoms with Gasteiger partial charge in [-0.2, -0.15) is 0 Å². The van der Waals surface area contributed by atoms with Gasteiger partial charge in [0.2, 0.25) is 0 Å². The van der Waals surface area contributed by atoms with E-state index < -0.39 is 7.82 Å². The second kappa shape index (κ2) is 23.3. The second-order valence-electron chi connectivity index (χ2n) is 0.513. The SMILES string of the molecule is O=P(O)(O)O.[Li+].[Li+].[Li+].[Li+].[Li+].[S-2]. The molecular formula is H3Li5O4PS+3. The fraction of sp³-hybridized carbons (Fsp3) is 0. The monoisotopic (exact) mass is 165 g/mol. The van der Waals surface area contributed by atoms with Crippen molar-refractivity contribution in [1.29, 1.82) is 0 Å². The molecule has 11 heteroatoms. The first-order valence-electron chi connectivity index (χ1n) is 0.783. The fourth-order valence-corrected chi connectivity index (χ4v) is 0. The Morgan fingerprint density at radius 3 is 0.727 bits per heavy atom. The van der Waals surface area contributed by atoms with E-state index >= 15 is 0 Å². The Kier molecular flexibility index (Phi) is 100.0. The van der Waals surface area contributed by atoms with Gasteiger partial charge < -0.3 is 28.2 Å². The normalized spacial score (nSPS) is 5.36. The number of hydrogen-bond acceptors (Lipinski definition) is 1. The van der Waals surface area contributed by atoms with Crippen molar-refractivity contribution in [1.82, 2.24) is 0 Å². The van der Waals surface area contributed by atoms with E-state index in [0.29, 0.717) is 0 Å². The van der Waals surface area contributed by atoms with Gasteiger partial charge in [-0.1, -0.05) is 0 Å². The van der Waals surface area contributed by atoms with Crippen LogP contribution in [0.5, 0.6) is 0 Å². The van der Waals surface area contributed by atoms with Crippen LogP contribution in [0.3, 0.4) is 0 Å². The first-order valence-corrected chi connectivity index (χ1v) is 2.35. The van der Waals surface area contributed by atoms with Crippen LogP contribution in [0.25, 0.3) is 0 Å². The maximum absolute atomic E-state index is 8.88. The third-order valence-electron chi connectivity index (χ3n) is 0. The van der Waals surface area contributed by atoms with Crippen molar-refractivity contribution in [3.8, 4) is 0 Å². The third kappa shape index (κ3) is 148.